The molecule has 3 nitrogen and oxygen atoms in total. The topological polar surface area (TPSA) is 32.3 Å². The fourth-order valence-electron chi connectivity index (χ4n) is 2.35. The van der Waals surface area contributed by atoms with Crippen molar-refractivity contribution in [2.45, 2.75) is 45.2 Å². The van der Waals surface area contributed by atoms with E-state index in [4.69, 9.17) is 0 Å². The Kier molecular flexibility index (Phi) is 6.54. The van der Waals surface area contributed by atoms with Gasteiger partial charge in [-0.05, 0) is 45.8 Å². The summed E-state index contributed by atoms with van der Waals surface area (Å²) in [7, 11) is -0.640. The highest BCUT2D eigenvalue weighted by Crippen LogP contribution is 2.14. The van der Waals surface area contributed by atoms with Gasteiger partial charge < -0.3 is 10.2 Å². The van der Waals surface area contributed by atoms with Gasteiger partial charge >= 0.3 is 0 Å². The maximum Gasteiger partial charge on any atom is 0.0246 e. The molecule has 0 aromatic rings. The molecule has 1 N–H and O–H groups in total. The van der Waals surface area contributed by atoms with Gasteiger partial charge in [0, 0.05) is 34.9 Å². The predicted octanol–water partition coefficient (Wildman–Crippen LogP) is 1.22. The van der Waals surface area contributed by atoms with Gasteiger partial charge in [-0.1, -0.05) is 6.92 Å². The Labute approximate surface area is 102 Å². The van der Waals surface area contributed by atoms with Gasteiger partial charge in [0.1, 0.15) is 0 Å². The van der Waals surface area contributed by atoms with Crippen LogP contribution in [-0.4, -0.2) is 52.8 Å². The summed E-state index contributed by atoms with van der Waals surface area (Å²) < 4.78 is 11.1. The second kappa shape index (κ2) is 7.41. The van der Waals surface area contributed by atoms with E-state index < -0.39 is 10.8 Å². The quantitative estimate of drug-likeness (QED) is 0.765. The van der Waals surface area contributed by atoms with Crippen molar-refractivity contribution in [3.8, 4) is 0 Å². The minimum atomic E-state index is -0.640. The van der Waals surface area contributed by atoms with E-state index in [0.29, 0.717) is 12.1 Å². The highest BCUT2D eigenvalue weighted by molar-refractivity contribution is 7.84. The number of nitrogens with zero attached hydrogens (tertiary/aromatic N) is 1. The van der Waals surface area contributed by atoms with Crippen molar-refractivity contribution in [1.82, 2.24) is 10.2 Å². The first-order chi connectivity index (χ1) is 7.63. The van der Waals surface area contributed by atoms with Crippen LogP contribution in [0.3, 0.4) is 0 Å². The molecule has 2 atom stereocenters. The Balaban J connectivity index is 2.21. The Morgan fingerprint density at radius 3 is 2.56 bits per heavy atom. The van der Waals surface area contributed by atoms with Crippen molar-refractivity contribution in [3.05, 3.63) is 0 Å². The maximum atomic E-state index is 11.1. The first-order valence-corrected chi connectivity index (χ1v) is 8.13. The van der Waals surface area contributed by atoms with Crippen LogP contribution in [0.1, 0.15) is 33.1 Å². The molecule has 0 bridgehead atoms. The van der Waals surface area contributed by atoms with Crippen molar-refractivity contribution in [2.24, 2.45) is 0 Å². The first-order valence-electron chi connectivity index (χ1n) is 6.41. The standard InChI is InChI=1S/C12H26N2OS/c1-4-13-12-5-8-14(9-6-12)11(2)7-10-16(3)15/h11-13H,4-10H2,1-3H3. The fraction of sp³-hybridized carbons (Fsp3) is 1.00. The van der Waals surface area contributed by atoms with Crippen molar-refractivity contribution < 1.29 is 4.21 Å². The van der Waals surface area contributed by atoms with E-state index in [1.165, 1.54) is 25.9 Å². The highest BCUT2D eigenvalue weighted by Gasteiger charge is 2.21. The van der Waals surface area contributed by atoms with Crippen molar-refractivity contribution in [3.63, 3.8) is 0 Å². The number of nitrogens with one attached hydrogen (secondary N) is 1. The molecule has 4 heteroatoms. The SMILES string of the molecule is CCNC1CCN(C(C)CCS(C)=O)CC1. The minimum absolute atomic E-state index is 0.589. The molecule has 0 aromatic carbocycles. The molecule has 0 radical (unpaired) electrons. The van der Waals surface area contributed by atoms with Gasteiger partial charge in [0.2, 0.25) is 0 Å². The van der Waals surface area contributed by atoms with Crippen LogP contribution in [0.2, 0.25) is 0 Å². The molecule has 0 aromatic heterocycles. The summed E-state index contributed by atoms with van der Waals surface area (Å²) in [5, 5.41) is 3.52. The largest absolute Gasteiger partial charge is 0.314 e. The van der Waals surface area contributed by atoms with Crippen LogP contribution in [0, 0.1) is 0 Å². The number of likely N-dealkylation sites (tertiary alicyclic amines) is 1. The predicted molar refractivity (Wildman–Crippen MR) is 71.3 cm³/mol. The number of hydrogen-bond acceptors (Lipinski definition) is 3. The zero-order valence-corrected chi connectivity index (χ0v) is 11.7. The van der Waals surface area contributed by atoms with Crippen LogP contribution < -0.4 is 5.32 Å². The highest BCUT2D eigenvalue weighted by atomic mass is 32.2. The van der Waals surface area contributed by atoms with Crippen molar-refractivity contribution in [1.29, 1.82) is 0 Å². The van der Waals surface area contributed by atoms with Gasteiger partial charge in [0.15, 0.2) is 0 Å². The molecule has 1 saturated heterocycles. The van der Waals surface area contributed by atoms with Crippen LogP contribution in [-0.2, 0) is 10.8 Å². The summed E-state index contributed by atoms with van der Waals surface area (Å²) >= 11 is 0. The molecule has 0 spiro atoms. The molecular weight excluding hydrogens is 220 g/mol. The van der Waals surface area contributed by atoms with Gasteiger partial charge in [0.25, 0.3) is 0 Å². The molecule has 0 aliphatic carbocycles. The average molecular weight is 246 g/mol. The maximum absolute atomic E-state index is 11.1. The Bertz CT molecular complexity index is 215. The van der Waals surface area contributed by atoms with Crippen LogP contribution >= 0.6 is 0 Å². The molecule has 0 saturated carbocycles. The lowest BCUT2D eigenvalue weighted by Crippen LogP contribution is -2.46. The van der Waals surface area contributed by atoms with E-state index in [2.05, 4.69) is 24.1 Å². The third kappa shape index (κ3) is 4.93. The number of rotatable bonds is 6. The summed E-state index contributed by atoms with van der Waals surface area (Å²) in [4.78, 5) is 2.54. The zero-order valence-electron chi connectivity index (χ0n) is 10.9. The van der Waals surface area contributed by atoms with Gasteiger partial charge in [-0.2, -0.15) is 0 Å². The normalized spacial score (nSPS) is 23.2. The van der Waals surface area contributed by atoms with Crippen molar-refractivity contribution in [2.75, 3.05) is 31.6 Å². The van der Waals surface area contributed by atoms with Gasteiger partial charge in [0.05, 0.1) is 0 Å². The Hall–Kier alpha value is 0.0700. The molecule has 96 valence electrons. The summed E-state index contributed by atoms with van der Waals surface area (Å²) in [6.07, 6.45) is 5.37. The van der Waals surface area contributed by atoms with E-state index in [9.17, 15) is 4.21 Å². The summed E-state index contributed by atoms with van der Waals surface area (Å²) in [6.45, 7) is 7.89. The molecule has 1 aliphatic heterocycles. The van der Waals surface area contributed by atoms with E-state index >= 15 is 0 Å². The zero-order chi connectivity index (χ0) is 12.0. The first kappa shape index (κ1) is 14.1. The van der Waals surface area contributed by atoms with Crippen LogP contribution in [0.5, 0.6) is 0 Å². The van der Waals surface area contributed by atoms with Crippen molar-refractivity contribution >= 4 is 10.8 Å². The second-order valence-corrected chi connectivity index (χ2v) is 6.34. The molecule has 2 unspecified atom stereocenters. The fourth-order valence-corrected chi connectivity index (χ4v) is 3.03. The molecule has 1 aliphatic rings. The lowest BCUT2D eigenvalue weighted by Gasteiger charge is -2.36. The average Bonchev–Trinajstić information content (AvgIpc) is 2.27. The van der Waals surface area contributed by atoms with E-state index in [1.807, 2.05) is 0 Å². The van der Waals surface area contributed by atoms with Crippen LogP contribution in [0.15, 0.2) is 0 Å². The smallest absolute Gasteiger partial charge is 0.0246 e. The molecule has 16 heavy (non-hydrogen) atoms. The number of piperidine rings is 1. The van der Waals surface area contributed by atoms with E-state index in [-0.39, 0.29) is 0 Å². The van der Waals surface area contributed by atoms with Gasteiger partial charge in [-0.15, -0.1) is 0 Å². The molecule has 1 heterocycles. The van der Waals surface area contributed by atoms with Gasteiger partial charge in [-0.25, -0.2) is 0 Å². The number of hydrogen-bond donors (Lipinski definition) is 1. The molecule has 1 rings (SSSR count). The minimum Gasteiger partial charge on any atom is -0.314 e. The molecule has 1 fully saturated rings. The molecular formula is C12H26N2OS. The third-order valence-corrected chi connectivity index (χ3v) is 4.28. The molecule has 0 amide bonds. The summed E-state index contributed by atoms with van der Waals surface area (Å²) in [5.41, 5.74) is 0. The second-order valence-electron chi connectivity index (χ2n) is 4.78. The summed E-state index contributed by atoms with van der Waals surface area (Å²) in [6, 6.07) is 1.31. The van der Waals surface area contributed by atoms with E-state index in [1.54, 1.807) is 6.26 Å². The Morgan fingerprint density at radius 2 is 2.06 bits per heavy atom. The third-order valence-electron chi connectivity index (χ3n) is 3.47. The summed E-state index contributed by atoms with van der Waals surface area (Å²) in [5.74, 6) is 0.842. The monoisotopic (exact) mass is 246 g/mol. The van der Waals surface area contributed by atoms with E-state index in [0.717, 1.165) is 18.7 Å². The Morgan fingerprint density at radius 1 is 1.44 bits per heavy atom. The van der Waals surface area contributed by atoms with Crippen LogP contribution in [0.4, 0.5) is 0 Å². The van der Waals surface area contributed by atoms with Gasteiger partial charge in [-0.3, -0.25) is 4.21 Å². The lowest BCUT2D eigenvalue weighted by atomic mass is 10.0. The van der Waals surface area contributed by atoms with Crippen LogP contribution in [0.25, 0.3) is 0 Å². The lowest BCUT2D eigenvalue weighted by molar-refractivity contribution is 0.150.